The zero-order chi connectivity index (χ0) is 11.4. The van der Waals surface area contributed by atoms with Crippen LogP contribution in [0.15, 0.2) is 18.5 Å². The molecule has 0 aliphatic carbocycles. The second-order valence-corrected chi connectivity index (χ2v) is 4.17. The standard InChI is InChI=1S/C11H17N3O2/c12-11(2-5-16-6-3-11)10(15)14-8-9-1-4-13-7-9/h1,4,7,13H,2-3,5-6,8,12H2,(H,14,15). The number of nitrogens with two attached hydrogens (primary N) is 1. The molecule has 0 radical (unpaired) electrons. The van der Waals surface area contributed by atoms with Crippen LogP contribution in [0.3, 0.4) is 0 Å². The van der Waals surface area contributed by atoms with Crippen molar-refractivity contribution in [3.8, 4) is 0 Å². The van der Waals surface area contributed by atoms with E-state index in [1.807, 2.05) is 18.5 Å². The summed E-state index contributed by atoms with van der Waals surface area (Å²) in [4.78, 5) is 14.9. The third kappa shape index (κ3) is 2.43. The van der Waals surface area contributed by atoms with E-state index in [-0.39, 0.29) is 5.91 Å². The number of hydrogen-bond donors (Lipinski definition) is 3. The summed E-state index contributed by atoms with van der Waals surface area (Å²) in [6, 6.07) is 1.92. The molecule has 0 aromatic carbocycles. The van der Waals surface area contributed by atoms with Crippen molar-refractivity contribution in [2.24, 2.45) is 5.73 Å². The van der Waals surface area contributed by atoms with E-state index in [1.165, 1.54) is 0 Å². The van der Waals surface area contributed by atoms with Gasteiger partial charge in [0.2, 0.25) is 5.91 Å². The molecule has 0 atom stereocenters. The van der Waals surface area contributed by atoms with E-state index in [2.05, 4.69) is 10.3 Å². The molecule has 2 rings (SSSR count). The summed E-state index contributed by atoms with van der Waals surface area (Å²) in [5, 5.41) is 2.86. The smallest absolute Gasteiger partial charge is 0.240 e. The molecule has 1 aromatic rings. The fourth-order valence-corrected chi connectivity index (χ4v) is 1.79. The van der Waals surface area contributed by atoms with Crippen LogP contribution in [-0.4, -0.2) is 29.6 Å². The third-order valence-corrected chi connectivity index (χ3v) is 2.95. The molecule has 5 heteroatoms. The number of aromatic amines is 1. The van der Waals surface area contributed by atoms with Gasteiger partial charge in [0.15, 0.2) is 0 Å². The summed E-state index contributed by atoms with van der Waals surface area (Å²) >= 11 is 0. The highest BCUT2D eigenvalue weighted by Crippen LogP contribution is 2.17. The van der Waals surface area contributed by atoms with E-state index in [0.29, 0.717) is 32.6 Å². The highest BCUT2D eigenvalue weighted by Gasteiger charge is 2.35. The van der Waals surface area contributed by atoms with Crippen molar-refractivity contribution >= 4 is 5.91 Å². The molecule has 2 heterocycles. The molecule has 5 nitrogen and oxygen atoms in total. The molecule has 1 amide bonds. The molecular formula is C11H17N3O2. The summed E-state index contributed by atoms with van der Waals surface area (Å²) in [5.41, 5.74) is 6.33. The Bertz CT molecular complexity index is 342. The molecule has 1 aromatic heterocycles. The minimum atomic E-state index is -0.755. The van der Waals surface area contributed by atoms with Crippen LogP contribution in [0.1, 0.15) is 18.4 Å². The average molecular weight is 223 g/mol. The predicted octanol–water partition coefficient (Wildman–Crippen LogP) is 0.139. The predicted molar refractivity (Wildman–Crippen MR) is 59.6 cm³/mol. The Balaban J connectivity index is 1.87. The summed E-state index contributed by atoms with van der Waals surface area (Å²) in [6.07, 6.45) is 4.86. The molecule has 0 bridgehead atoms. The first-order chi connectivity index (χ1) is 7.71. The molecular weight excluding hydrogens is 206 g/mol. The average Bonchev–Trinajstić information content (AvgIpc) is 2.79. The van der Waals surface area contributed by atoms with Gasteiger partial charge in [-0.3, -0.25) is 4.79 Å². The lowest BCUT2D eigenvalue weighted by atomic mass is 9.90. The van der Waals surface area contributed by atoms with Crippen LogP contribution in [0, 0.1) is 0 Å². The molecule has 0 saturated carbocycles. The zero-order valence-electron chi connectivity index (χ0n) is 9.16. The van der Waals surface area contributed by atoms with Crippen LogP contribution < -0.4 is 11.1 Å². The van der Waals surface area contributed by atoms with Gasteiger partial charge in [0.25, 0.3) is 0 Å². The Morgan fingerprint density at radius 3 is 2.94 bits per heavy atom. The number of amides is 1. The largest absolute Gasteiger partial charge is 0.381 e. The second kappa shape index (κ2) is 4.67. The van der Waals surface area contributed by atoms with E-state index in [9.17, 15) is 4.79 Å². The van der Waals surface area contributed by atoms with E-state index in [1.54, 1.807) is 0 Å². The van der Waals surface area contributed by atoms with Gasteiger partial charge < -0.3 is 20.8 Å². The maximum atomic E-state index is 11.9. The first-order valence-electron chi connectivity index (χ1n) is 5.47. The molecule has 0 unspecified atom stereocenters. The van der Waals surface area contributed by atoms with E-state index < -0.39 is 5.54 Å². The molecule has 1 aliphatic heterocycles. The lowest BCUT2D eigenvalue weighted by molar-refractivity contribution is -0.129. The summed E-state index contributed by atoms with van der Waals surface area (Å²) in [5.74, 6) is -0.0861. The Morgan fingerprint density at radius 1 is 1.56 bits per heavy atom. The van der Waals surface area contributed by atoms with Gasteiger partial charge in [-0.25, -0.2) is 0 Å². The van der Waals surface area contributed by atoms with Crippen molar-refractivity contribution < 1.29 is 9.53 Å². The van der Waals surface area contributed by atoms with E-state index in [0.717, 1.165) is 5.56 Å². The summed E-state index contributed by atoms with van der Waals surface area (Å²) in [6.45, 7) is 1.64. The quantitative estimate of drug-likeness (QED) is 0.682. The first-order valence-corrected chi connectivity index (χ1v) is 5.47. The molecule has 1 saturated heterocycles. The van der Waals surface area contributed by atoms with Crippen LogP contribution in [0.5, 0.6) is 0 Å². The Labute approximate surface area is 94.4 Å². The maximum absolute atomic E-state index is 11.9. The van der Waals surface area contributed by atoms with Crippen molar-refractivity contribution in [1.29, 1.82) is 0 Å². The number of ether oxygens (including phenoxy) is 1. The van der Waals surface area contributed by atoms with Crippen LogP contribution in [0.25, 0.3) is 0 Å². The van der Waals surface area contributed by atoms with Crippen molar-refractivity contribution in [1.82, 2.24) is 10.3 Å². The zero-order valence-corrected chi connectivity index (χ0v) is 9.16. The number of hydrogen-bond acceptors (Lipinski definition) is 3. The van der Waals surface area contributed by atoms with Crippen molar-refractivity contribution in [2.45, 2.75) is 24.9 Å². The van der Waals surface area contributed by atoms with Gasteiger partial charge in [-0.15, -0.1) is 0 Å². The highest BCUT2D eigenvalue weighted by molar-refractivity contribution is 5.86. The minimum Gasteiger partial charge on any atom is -0.381 e. The summed E-state index contributed by atoms with van der Waals surface area (Å²) < 4.78 is 5.20. The molecule has 88 valence electrons. The van der Waals surface area contributed by atoms with Gasteiger partial charge >= 0.3 is 0 Å². The van der Waals surface area contributed by atoms with Crippen molar-refractivity contribution in [2.75, 3.05) is 13.2 Å². The van der Waals surface area contributed by atoms with Gasteiger partial charge in [-0.1, -0.05) is 0 Å². The van der Waals surface area contributed by atoms with Crippen LogP contribution in [0.4, 0.5) is 0 Å². The molecule has 1 fully saturated rings. The van der Waals surface area contributed by atoms with Crippen LogP contribution in [-0.2, 0) is 16.1 Å². The highest BCUT2D eigenvalue weighted by atomic mass is 16.5. The molecule has 4 N–H and O–H groups in total. The van der Waals surface area contributed by atoms with Crippen molar-refractivity contribution in [3.05, 3.63) is 24.0 Å². The van der Waals surface area contributed by atoms with Crippen LogP contribution >= 0.6 is 0 Å². The Hall–Kier alpha value is -1.33. The third-order valence-electron chi connectivity index (χ3n) is 2.95. The lowest BCUT2D eigenvalue weighted by Crippen LogP contribution is -2.56. The van der Waals surface area contributed by atoms with Crippen LogP contribution in [0.2, 0.25) is 0 Å². The number of carbonyl (C=O) groups excluding carboxylic acids is 1. The fourth-order valence-electron chi connectivity index (χ4n) is 1.79. The monoisotopic (exact) mass is 223 g/mol. The first kappa shape index (κ1) is 11.2. The van der Waals surface area contributed by atoms with E-state index >= 15 is 0 Å². The molecule has 16 heavy (non-hydrogen) atoms. The molecule has 0 spiro atoms. The Kier molecular flexibility index (Phi) is 3.26. The number of rotatable bonds is 3. The summed E-state index contributed by atoms with van der Waals surface area (Å²) in [7, 11) is 0. The van der Waals surface area contributed by atoms with Gasteiger partial charge in [-0.2, -0.15) is 0 Å². The van der Waals surface area contributed by atoms with Gasteiger partial charge in [0, 0.05) is 32.2 Å². The number of carbonyl (C=O) groups is 1. The maximum Gasteiger partial charge on any atom is 0.240 e. The Morgan fingerprint density at radius 2 is 2.31 bits per heavy atom. The van der Waals surface area contributed by atoms with E-state index in [4.69, 9.17) is 10.5 Å². The SMILES string of the molecule is NC1(C(=O)NCc2cc[nH]c2)CCOCC1. The van der Waals surface area contributed by atoms with Gasteiger partial charge in [-0.05, 0) is 24.5 Å². The molecule has 1 aliphatic rings. The number of H-pyrrole nitrogens is 1. The topological polar surface area (TPSA) is 80.1 Å². The minimum absolute atomic E-state index is 0.0861. The number of nitrogens with one attached hydrogen (secondary N) is 2. The van der Waals surface area contributed by atoms with Gasteiger partial charge in [0.05, 0.1) is 5.54 Å². The lowest BCUT2D eigenvalue weighted by Gasteiger charge is -2.31. The van der Waals surface area contributed by atoms with Crippen molar-refractivity contribution in [3.63, 3.8) is 0 Å². The fraction of sp³-hybridized carbons (Fsp3) is 0.545. The van der Waals surface area contributed by atoms with Gasteiger partial charge in [0.1, 0.15) is 0 Å². The normalized spacial score (nSPS) is 19.3. The number of aromatic nitrogens is 1. The second-order valence-electron chi connectivity index (χ2n) is 4.17.